The van der Waals surface area contributed by atoms with Crippen molar-refractivity contribution in [2.24, 2.45) is 0 Å². The van der Waals surface area contributed by atoms with Crippen LogP contribution in [0.2, 0.25) is 0 Å². The highest BCUT2D eigenvalue weighted by Crippen LogP contribution is 2.36. The van der Waals surface area contributed by atoms with E-state index in [1.807, 2.05) is 0 Å². The average Bonchev–Trinajstić information content (AvgIpc) is 2.51. The lowest BCUT2D eigenvalue weighted by Crippen LogP contribution is -2.23. The Morgan fingerprint density at radius 2 is 1.61 bits per heavy atom. The molecule has 0 aliphatic carbocycles. The monoisotopic (exact) mass is 332 g/mol. The van der Waals surface area contributed by atoms with E-state index in [4.69, 9.17) is 5.11 Å². The summed E-state index contributed by atoms with van der Waals surface area (Å²) in [5, 5.41) is 18.1. The summed E-state index contributed by atoms with van der Waals surface area (Å²) in [5.41, 5.74) is -1.28. The summed E-state index contributed by atoms with van der Waals surface area (Å²) in [4.78, 5) is 33.8. The smallest absolute Gasteiger partial charge is 0.337 e. The zero-order valence-electron chi connectivity index (χ0n) is 11.3. The highest BCUT2D eigenvalue weighted by atomic mass is 32.2. The van der Waals surface area contributed by atoms with Gasteiger partial charge < -0.3 is 10.2 Å². The first-order chi connectivity index (χ1) is 10.7. The van der Waals surface area contributed by atoms with Crippen molar-refractivity contribution in [1.29, 1.82) is 0 Å². The first-order valence-corrected chi connectivity index (χ1v) is 7.77. The van der Waals surface area contributed by atoms with Crippen LogP contribution >= 0.6 is 0 Å². The highest BCUT2D eigenvalue weighted by Gasteiger charge is 2.38. The summed E-state index contributed by atoms with van der Waals surface area (Å²) in [6.07, 6.45) is 0. The van der Waals surface area contributed by atoms with E-state index in [-0.39, 0.29) is 16.7 Å². The Kier molecular flexibility index (Phi) is 3.08. The van der Waals surface area contributed by atoms with Gasteiger partial charge in [0.2, 0.25) is 9.84 Å². The van der Waals surface area contributed by atoms with Gasteiger partial charge >= 0.3 is 11.9 Å². The van der Waals surface area contributed by atoms with Crippen LogP contribution < -0.4 is 0 Å². The second-order valence-electron chi connectivity index (χ2n) is 4.84. The molecule has 1 aliphatic rings. The Morgan fingerprint density at radius 1 is 0.913 bits per heavy atom. The third-order valence-electron chi connectivity index (χ3n) is 3.52. The molecular weight excluding hydrogens is 324 g/mol. The molecule has 0 radical (unpaired) electrons. The van der Waals surface area contributed by atoms with Crippen molar-refractivity contribution < 1.29 is 33.0 Å². The predicted octanol–water partition coefficient (Wildman–Crippen LogP) is 1.46. The largest absolute Gasteiger partial charge is 0.478 e. The van der Waals surface area contributed by atoms with Gasteiger partial charge in [0.15, 0.2) is 5.78 Å². The fourth-order valence-corrected chi connectivity index (χ4v) is 4.31. The molecule has 0 fully saturated rings. The van der Waals surface area contributed by atoms with Crippen molar-refractivity contribution in [1.82, 2.24) is 0 Å². The first kappa shape index (κ1) is 14.9. The molecule has 0 atom stereocenters. The molecule has 0 amide bonds. The Labute approximate surface area is 129 Å². The van der Waals surface area contributed by atoms with Crippen LogP contribution in [0.25, 0.3) is 0 Å². The molecule has 1 aliphatic heterocycles. The average molecular weight is 332 g/mol. The summed E-state index contributed by atoms with van der Waals surface area (Å²) in [6, 6.07) is 6.62. The van der Waals surface area contributed by atoms with Crippen LogP contribution in [0.1, 0.15) is 36.6 Å². The molecule has 0 bridgehead atoms. The number of ketones is 1. The van der Waals surface area contributed by atoms with Gasteiger partial charge in [-0.15, -0.1) is 0 Å². The molecule has 1 heterocycles. The highest BCUT2D eigenvalue weighted by molar-refractivity contribution is 7.92. The van der Waals surface area contributed by atoms with Crippen LogP contribution in [0.4, 0.5) is 0 Å². The van der Waals surface area contributed by atoms with E-state index in [0.29, 0.717) is 0 Å². The van der Waals surface area contributed by atoms with Gasteiger partial charge in [-0.2, -0.15) is 0 Å². The maximum atomic E-state index is 12.7. The van der Waals surface area contributed by atoms with E-state index in [9.17, 15) is 27.9 Å². The van der Waals surface area contributed by atoms with E-state index >= 15 is 0 Å². The van der Waals surface area contributed by atoms with Crippen LogP contribution in [0.5, 0.6) is 0 Å². The zero-order valence-corrected chi connectivity index (χ0v) is 12.1. The number of sulfone groups is 1. The Hall–Kier alpha value is -3.00. The minimum atomic E-state index is -4.25. The second-order valence-corrected chi connectivity index (χ2v) is 6.69. The minimum absolute atomic E-state index is 0.231. The lowest BCUT2D eigenvalue weighted by Gasteiger charge is -2.20. The number of carboxylic acids is 2. The van der Waals surface area contributed by atoms with Crippen molar-refractivity contribution in [3.8, 4) is 0 Å². The molecule has 0 saturated heterocycles. The molecule has 3 rings (SSSR count). The zero-order chi connectivity index (χ0) is 16.9. The van der Waals surface area contributed by atoms with Crippen molar-refractivity contribution in [3.63, 3.8) is 0 Å². The fraction of sp³-hybridized carbons (Fsp3) is 0. The number of hydrogen-bond donors (Lipinski definition) is 2. The number of carbonyl (C=O) groups excluding carboxylic acids is 1. The molecule has 0 spiro atoms. The summed E-state index contributed by atoms with van der Waals surface area (Å²) < 4.78 is 25.4. The van der Waals surface area contributed by atoms with Crippen molar-refractivity contribution >= 4 is 27.6 Å². The summed E-state index contributed by atoms with van der Waals surface area (Å²) in [7, 11) is -4.25. The molecule has 116 valence electrons. The van der Waals surface area contributed by atoms with E-state index in [0.717, 1.165) is 24.3 Å². The third-order valence-corrected chi connectivity index (χ3v) is 5.43. The molecule has 8 heteroatoms. The fourth-order valence-electron chi connectivity index (χ4n) is 2.50. The first-order valence-electron chi connectivity index (χ1n) is 6.28. The SMILES string of the molecule is O=C(O)c1ccc2c(c1)C(=O)c1cccc(C(=O)O)c1S2(=O)=O. The molecule has 0 saturated carbocycles. The third kappa shape index (κ3) is 2.03. The second kappa shape index (κ2) is 4.75. The van der Waals surface area contributed by atoms with Crippen LogP contribution in [-0.2, 0) is 9.84 Å². The lowest BCUT2D eigenvalue weighted by atomic mass is 9.98. The molecular formula is C15H8O7S. The number of aromatic carboxylic acids is 2. The predicted molar refractivity (Wildman–Crippen MR) is 75.7 cm³/mol. The normalized spacial score (nSPS) is 14.7. The maximum Gasteiger partial charge on any atom is 0.337 e. The maximum absolute atomic E-state index is 12.7. The van der Waals surface area contributed by atoms with Gasteiger partial charge in [-0.05, 0) is 30.3 Å². The standard InChI is InChI=1S/C15H8O7S/c16-12-8-2-1-3-9(15(19)20)13(8)23(21,22)11-5-4-7(14(17)18)6-10(11)12/h1-6H,(H,17,18)(H,19,20). The van der Waals surface area contributed by atoms with Gasteiger partial charge in [-0.3, -0.25) is 4.79 Å². The van der Waals surface area contributed by atoms with Crippen molar-refractivity contribution in [3.05, 3.63) is 58.7 Å². The summed E-state index contributed by atoms with van der Waals surface area (Å²) in [5.74, 6) is -3.50. The number of hydrogen-bond acceptors (Lipinski definition) is 5. The topological polar surface area (TPSA) is 126 Å². The van der Waals surface area contributed by atoms with Crippen LogP contribution in [0, 0.1) is 0 Å². The molecule has 0 unspecified atom stereocenters. The molecule has 0 aromatic heterocycles. The summed E-state index contributed by atoms with van der Waals surface area (Å²) in [6.45, 7) is 0. The van der Waals surface area contributed by atoms with Gasteiger partial charge in [0.25, 0.3) is 0 Å². The van der Waals surface area contributed by atoms with Crippen molar-refractivity contribution in [2.75, 3.05) is 0 Å². The van der Waals surface area contributed by atoms with Crippen LogP contribution in [0.15, 0.2) is 46.2 Å². The quantitative estimate of drug-likeness (QED) is 0.727. The van der Waals surface area contributed by atoms with Crippen LogP contribution in [-0.4, -0.2) is 36.4 Å². The number of benzene rings is 2. The number of carboxylic acid groups (broad SMARTS) is 2. The molecule has 7 nitrogen and oxygen atoms in total. The molecule has 2 N–H and O–H groups in total. The Bertz CT molecular complexity index is 998. The van der Waals surface area contributed by atoms with Gasteiger partial charge in [-0.1, -0.05) is 6.07 Å². The van der Waals surface area contributed by atoms with Crippen LogP contribution in [0.3, 0.4) is 0 Å². The molecule has 2 aromatic carbocycles. The minimum Gasteiger partial charge on any atom is -0.478 e. The van der Waals surface area contributed by atoms with Gasteiger partial charge in [0, 0.05) is 11.1 Å². The lowest BCUT2D eigenvalue weighted by molar-refractivity contribution is 0.0684. The van der Waals surface area contributed by atoms with Gasteiger partial charge in [0.1, 0.15) is 0 Å². The van der Waals surface area contributed by atoms with Crippen molar-refractivity contribution in [2.45, 2.75) is 9.79 Å². The molecule has 2 aromatic rings. The Morgan fingerprint density at radius 3 is 2.22 bits per heavy atom. The van der Waals surface area contributed by atoms with Gasteiger partial charge in [-0.25, -0.2) is 18.0 Å². The van der Waals surface area contributed by atoms with Gasteiger partial charge in [0.05, 0.1) is 20.9 Å². The summed E-state index contributed by atoms with van der Waals surface area (Å²) >= 11 is 0. The number of fused-ring (bicyclic) bond motifs is 2. The van der Waals surface area contributed by atoms with E-state index < -0.39 is 42.9 Å². The number of rotatable bonds is 2. The van der Waals surface area contributed by atoms with E-state index in [1.54, 1.807) is 0 Å². The van der Waals surface area contributed by atoms with E-state index in [2.05, 4.69) is 0 Å². The molecule has 23 heavy (non-hydrogen) atoms. The number of carbonyl (C=O) groups is 3. The van der Waals surface area contributed by atoms with E-state index in [1.165, 1.54) is 12.1 Å². The Balaban J connectivity index is 2.41.